The summed E-state index contributed by atoms with van der Waals surface area (Å²) in [4.78, 5) is 15.1. The van der Waals surface area contributed by atoms with E-state index in [1.807, 2.05) is 24.3 Å². The second kappa shape index (κ2) is 5.31. The molecule has 1 aromatic carbocycles. The van der Waals surface area contributed by atoms with E-state index < -0.39 is 5.97 Å². The number of nitrogens with one attached hydrogen (secondary N) is 1. The Kier molecular flexibility index (Phi) is 3.57. The molecule has 18 heavy (non-hydrogen) atoms. The van der Waals surface area contributed by atoms with Gasteiger partial charge in [-0.3, -0.25) is 0 Å². The van der Waals surface area contributed by atoms with E-state index in [1.54, 1.807) is 12.1 Å². The number of nitrogens with zero attached hydrogens (tertiary/aromatic N) is 1. The van der Waals surface area contributed by atoms with Crippen molar-refractivity contribution in [2.45, 2.75) is 6.42 Å². The van der Waals surface area contributed by atoms with Crippen molar-refractivity contribution in [3.8, 4) is 0 Å². The Morgan fingerprint density at radius 2 is 2.22 bits per heavy atom. The molecule has 0 saturated carbocycles. The van der Waals surface area contributed by atoms with Crippen molar-refractivity contribution >= 4 is 22.6 Å². The van der Waals surface area contributed by atoms with Crippen molar-refractivity contribution in [2.24, 2.45) is 0 Å². The lowest BCUT2D eigenvalue weighted by Gasteiger charge is -2.09. The molecule has 92 valence electrons. The quantitative estimate of drug-likeness (QED) is 0.625. The molecule has 2 N–H and O–H groups in total. The van der Waals surface area contributed by atoms with Crippen LogP contribution in [0.25, 0.3) is 10.9 Å². The fourth-order valence-corrected chi connectivity index (χ4v) is 1.74. The number of fused-ring (bicyclic) bond motifs is 1. The van der Waals surface area contributed by atoms with Gasteiger partial charge in [0.05, 0.1) is 5.52 Å². The Balaban J connectivity index is 2.46. The summed E-state index contributed by atoms with van der Waals surface area (Å²) in [5, 5.41) is 13.2. The molecule has 0 atom stereocenters. The van der Waals surface area contributed by atoms with E-state index in [2.05, 4.69) is 16.9 Å². The highest BCUT2D eigenvalue weighted by molar-refractivity contribution is 5.97. The number of hydrogen-bond acceptors (Lipinski definition) is 3. The van der Waals surface area contributed by atoms with Gasteiger partial charge in [-0.1, -0.05) is 24.3 Å². The van der Waals surface area contributed by atoms with Gasteiger partial charge in [-0.25, -0.2) is 9.78 Å². The topological polar surface area (TPSA) is 62.2 Å². The van der Waals surface area contributed by atoms with Crippen LogP contribution in [0, 0.1) is 0 Å². The number of hydrogen-bond donors (Lipinski definition) is 2. The summed E-state index contributed by atoms with van der Waals surface area (Å²) < 4.78 is 0. The minimum atomic E-state index is -1.02. The van der Waals surface area contributed by atoms with Crippen molar-refractivity contribution in [3.05, 3.63) is 48.7 Å². The van der Waals surface area contributed by atoms with Crippen molar-refractivity contribution in [1.82, 2.24) is 4.98 Å². The highest BCUT2D eigenvalue weighted by atomic mass is 16.4. The standard InChI is InChI=1S/C14H14N2O2/c1-2-3-8-15-12-9-13(14(17)18)16-11-7-5-4-6-10(11)12/h2,4-7,9H,1,3,8H2,(H,15,16)(H,17,18). The zero-order chi connectivity index (χ0) is 13.0. The molecule has 0 radical (unpaired) electrons. The van der Waals surface area contributed by atoms with E-state index in [1.165, 1.54) is 0 Å². The summed E-state index contributed by atoms with van der Waals surface area (Å²) in [6.07, 6.45) is 2.63. The van der Waals surface area contributed by atoms with E-state index in [9.17, 15) is 4.79 Å². The van der Waals surface area contributed by atoms with Gasteiger partial charge in [0.1, 0.15) is 0 Å². The summed E-state index contributed by atoms with van der Waals surface area (Å²) in [7, 11) is 0. The lowest BCUT2D eigenvalue weighted by Crippen LogP contribution is -2.06. The van der Waals surface area contributed by atoms with Crippen LogP contribution in [-0.4, -0.2) is 22.6 Å². The Morgan fingerprint density at radius 3 is 2.94 bits per heavy atom. The zero-order valence-electron chi connectivity index (χ0n) is 9.89. The van der Waals surface area contributed by atoms with Crippen LogP contribution in [0.15, 0.2) is 43.0 Å². The maximum Gasteiger partial charge on any atom is 0.354 e. The normalized spacial score (nSPS) is 10.2. The van der Waals surface area contributed by atoms with Gasteiger partial charge >= 0.3 is 5.97 Å². The molecule has 2 rings (SSSR count). The van der Waals surface area contributed by atoms with E-state index in [0.29, 0.717) is 5.52 Å². The van der Waals surface area contributed by atoms with E-state index >= 15 is 0 Å². The minimum Gasteiger partial charge on any atom is -0.477 e. The first-order chi connectivity index (χ1) is 8.72. The van der Waals surface area contributed by atoms with Crippen molar-refractivity contribution in [2.75, 3.05) is 11.9 Å². The third-order valence-corrected chi connectivity index (χ3v) is 2.60. The van der Waals surface area contributed by atoms with Gasteiger partial charge in [0.15, 0.2) is 5.69 Å². The smallest absolute Gasteiger partial charge is 0.354 e. The molecule has 1 heterocycles. The van der Waals surface area contributed by atoms with Crippen LogP contribution < -0.4 is 5.32 Å². The fraction of sp³-hybridized carbons (Fsp3) is 0.143. The van der Waals surface area contributed by atoms with E-state index in [0.717, 1.165) is 24.0 Å². The van der Waals surface area contributed by atoms with Gasteiger partial charge in [0.25, 0.3) is 0 Å². The summed E-state index contributed by atoms with van der Waals surface area (Å²) >= 11 is 0. The number of carboxylic acids is 1. The first kappa shape index (κ1) is 12.1. The van der Waals surface area contributed by atoms with Gasteiger partial charge in [-0.15, -0.1) is 6.58 Å². The predicted octanol–water partition coefficient (Wildman–Crippen LogP) is 2.92. The van der Waals surface area contributed by atoms with Gasteiger partial charge in [0.2, 0.25) is 0 Å². The Hall–Kier alpha value is -2.36. The molecular weight excluding hydrogens is 228 g/mol. The molecule has 0 saturated heterocycles. The highest BCUT2D eigenvalue weighted by Crippen LogP contribution is 2.23. The fourth-order valence-electron chi connectivity index (χ4n) is 1.74. The number of rotatable bonds is 5. The Labute approximate surface area is 105 Å². The second-order valence-electron chi connectivity index (χ2n) is 3.88. The molecule has 0 aliphatic carbocycles. The molecule has 4 nitrogen and oxygen atoms in total. The van der Waals surface area contributed by atoms with Gasteiger partial charge in [-0.2, -0.15) is 0 Å². The largest absolute Gasteiger partial charge is 0.477 e. The highest BCUT2D eigenvalue weighted by Gasteiger charge is 2.09. The Morgan fingerprint density at radius 1 is 1.44 bits per heavy atom. The Bertz CT molecular complexity index is 593. The van der Waals surface area contributed by atoms with Gasteiger partial charge < -0.3 is 10.4 Å². The SMILES string of the molecule is C=CCCNc1cc(C(=O)O)nc2ccccc12. The molecule has 0 fully saturated rings. The summed E-state index contributed by atoms with van der Waals surface area (Å²) in [5.41, 5.74) is 1.52. The van der Waals surface area contributed by atoms with Crippen molar-refractivity contribution < 1.29 is 9.90 Å². The van der Waals surface area contributed by atoms with Crippen molar-refractivity contribution in [1.29, 1.82) is 0 Å². The van der Waals surface area contributed by atoms with Crippen LogP contribution in [-0.2, 0) is 0 Å². The molecule has 4 heteroatoms. The van der Waals surface area contributed by atoms with Crippen LogP contribution in [0.3, 0.4) is 0 Å². The lowest BCUT2D eigenvalue weighted by molar-refractivity contribution is 0.0691. The molecule has 0 unspecified atom stereocenters. The van der Waals surface area contributed by atoms with Crippen LogP contribution in [0.4, 0.5) is 5.69 Å². The number of anilines is 1. The van der Waals surface area contributed by atoms with Gasteiger partial charge in [0, 0.05) is 17.6 Å². The number of benzene rings is 1. The average Bonchev–Trinajstić information content (AvgIpc) is 2.38. The zero-order valence-corrected chi connectivity index (χ0v) is 9.89. The van der Waals surface area contributed by atoms with E-state index in [-0.39, 0.29) is 5.69 Å². The summed E-state index contributed by atoms with van der Waals surface area (Å²) in [5.74, 6) is -1.02. The molecule has 2 aromatic rings. The van der Waals surface area contributed by atoms with Crippen LogP contribution in [0.1, 0.15) is 16.9 Å². The number of carbonyl (C=O) groups is 1. The third-order valence-electron chi connectivity index (χ3n) is 2.60. The number of aromatic nitrogens is 1. The second-order valence-corrected chi connectivity index (χ2v) is 3.88. The van der Waals surface area contributed by atoms with E-state index in [4.69, 9.17) is 5.11 Å². The number of para-hydroxylation sites is 1. The van der Waals surface area contributed by atoms with Crippen LogP contribution in [0.2, 0.25) is 0 Å². The molecule has 0 bridgehead atoms. The maximum absolute atomic E-state index is 11.0. The van der Waals surface area contributed by atoms with Crippen LogP contribution in [0.5, 0.6) is 0 Å². The molecule has 0 aliphatic rings. The third kappa shape index (κ3) is 2.48. The minimum absolute atomic E-state index is 0.0507. The number of pyridine rings is 1. The predicted molar refractivity (Wildman–Crippen MR) is 72.0 cm³/mol. The first-order valence-electron chi connectivity index (χ1n) is 5.70. The molecule has 0 amide bonds. The van der Waals surface area contributed by atoms with Crippen molar-refractivity contribution in [3.63, 3.8) is 0 Å². The van der Waals surface area contributed by atoms with Gasteiger partial charge in [-0.05, 0) is 18.6 Å². The molecule has 1 aromatic heterocycles. The van der Waals surface area contributed by atoms with Crippen LogP contribution >= 0.6 is 0 Å². The summed E-state index contributed by atoms with van der Waals surface area (Å²) in [6, 6.07) is 9.04. The molecule has 0 aliphatic heterocycles. The average molecular weight is 242 g/mol. The number of aromatic carboxylic acids is 1. The lowest BCUT2D eigenvalue weighted by atomic mass is 10.1. The maximum atomic E-state index is 11.0. The molecular formula is C14H14N2O2. The summed E-state index contributed by atoms with van der Waals surface area (Å²) in [6.45, 7) is 4.37. The number of carboxylic acid groups (broad SMARTS) is 1. The first-order valence-corrected chi connectivity index (χ1v) is 5.70. The monoisotopic (exact) mass is 242 g/mol. The molecule has 0 spiro atoms.